The molecule has 0 spiro atoms. The van der Waals surface area contributed by atoms with Crippen molar-refractivity contribution in [3.63, 3.8) is 0 Å². The van der Waals surface area contributed by atoms with Crippen molar-refractivity contribution in [2.24, 2.45) is 0 Å². The Kier molecular flexibility index (Phi) is 4.72. The number of aromatic carboxylic acids is 1. The van der Waals surface area contributed by atoms with Crippen molar-refractivity contribution in [3.05, 3.63) is 44.8 Å². The van der Waals surface area contributed by atoms with Crippen LogP contribution in [-0.4, -0.2) is 24.1 Å². The maximum Gasteiger partial charge on any atom is 0.345 e. The quantitative estimate of drug-likeness (QED) is 0.877. The van der Waals surface area contributed by atoms with Crippen molar-refractivity contribution < 1.29 is 19.4 Å². The first-order valence-electron chi connectivity index (χ1n) is 5.60. The van der Waals surface area contributed by atoms with Crippen LogP contribution in [0.1, 0.15) is 20.0 Å². The number of carbonyl (C=O) groups excluding carboxylic acids is 1. The Hall–Kier alpha value is -1.76. The Bertz CT molecular complexity index is 691. The predicted octanol–water partition coefficient (Wildman–Crippen LogP) is 4.01. The Balaban J connectivity index is 2.22. The first-order chi connectivity index (χ1) is 9.92. The first kappa shape index (κ1) is 15.6. The number of methoxy groups -OCH3 is 1. The summed E-state index contributed by atoms with van der Waals surface area (Å²) in [4.78, 5) is 23.0. The van der Waals surface area contributed by atoms with Gasteiger partial charge < -0.3 is 15.2 Å². The number of thiophene rings is 1. The van der Waals surface area contributed by atoms with Gasteiger partial charge in [-0.3, -0.25) is 4.79 Å². The summed E-state index contributed by atoms with van der Waals surface area (Å²) in [5.74, 6) is -1.20. The number of benzene rings is 1. The summed E-state index contributed by atoms with van der Waals surface area (Å²) in [5.41, 5.74) is 0.246. The van der Waals surface area contributed by atoms with E-state index >= 15 is 0 Å². The molecule has 5 nitrogen and oxygen atoms in total. The zero-order valence-electron chi connectivity index (χ0n) is 10.6. The van der Waals surface area contributed by atoms with Gasteiger partial charge in [0.15, 0.2) is 5.75 Å². The van der Waals surface area contributed by atoms with Gasteiger partial charge in [-0.05, 0) is 24.3 Å². The SMILES string of the molecule is COc1c(Cl)cc(C(=O)Nc2ccc(C(=O)O)s2)cc1Cl. The minimum atomic E-state index is -1.05. The number of anilines is 1. The van der Waals surface area contributed by atoms with Crippen LogP contribution in [-0.2, 0) is 0 Å². The molecular weight excluding hydrogens is 337 g/mol. The van der Waals surface area contributed by atoms with E-state index in [0.29, 0.717) is 10.8 Å². The van der Waals surface area contributed by atoms with Gasteiger partial charge in [-0.15, -0.1) is 11.3 Å². The lowest BCUT2D eigenvalue weighted by Gasteiger charge is -2.08. The molecule has 1 heterocycles. The van der Waals surface area contributed by atoms with E-state index in [9.17, 15) is 9.59 Å². The van der Waals surface area contributed by atoms with Gasteiger partial charge in [0.25, 0.3) is 5.91 Å². The van der Waals surface area contributed by atoms with Gasteiger partial charge in [-0.25, -0.2) is 4.79 Å². The minimum Gasteiger partial charge on any atom is -0.494 e. The summed E-state index contributed by atoms with van der Waals surface area (Å²) in [5, 5.41) is 12.3. The molecule has 0 unspecified atom stereocenters. The molecular formula is C13H9Cl2NO4S. The maximum atomic E-state index is 12.1. The average Bonchev–Trinajstić information content (AvgIpc) is 2.87. The fraction of sp³-hybridized carbons (Fsp3) is 0.0769. The van der Waals surface area contributed by atoms with Crippen molar-refractivity contribution in [2.75, 3.05) is 12.4 Å². The van der Waals surface area contributed by atoms with Crippen LogP contribution in [0, 0.1) is 0 Å². The van der Waals surface area contributed by atoms with E-state index in [-0.39, 0.29) is 20.5 Å². The molecule has 0 atom stereocenters. The van der Waals surface area contributed by atoms with E-state index in [1.54, 1.807) is 0 Å². The number of halogens is 2. The molecule has 1 aromatic heterocycles. The molecule has 110 valence electrons. The molecule has 0 radical (unpaired) electrons. The van der Waals surface area contributed by atoms with Gasteiger partial charge in [0.2, 0.25) is 0 Å². The molecule has 0 saturated carbocycles. The van der Waals surface area contributed by atoms with Crippen LogP contribution in [0.15, 0.2) is 24.3 Å². The van der Waals surface area contributed by atoms with Crippen LogP contribution < -0.4 is 10.1 Å². The summed E-state index contributed by atoms with van der Waals surface area (Å²) in [7, 11) is 1.42. The van der Waals surface area contributed by atoms with Gasteiger partial charge in [0.05, 0.1) is 22.2 Å². The van der Waals surface area contributed by atoms with Crippen molar-refractivity contribution in [1.82, 2.24) is 0 Å². The predicted molar refractivity (Wildman–Crippen MR) is 82.2 cm³/mol. The van der Waals surface area contributed by atoms with Crippen LogP contribution in [0.2, 0.25) is 10.0 Å². The van der Waals surface area contributed by atoms with Gasteiger partial charge in [-0.2, -0.15) is 0 Å². The zero-order valence-corrected chi connectivity index (χ0v) is 13.0. The van der Waals surface area contributed by atoms with Gasteiger partial charge in [0.1, 0.15) is 4.88 Å². The van der Waals surface area contributed by atoms with E-state index in [4.69, 9.17) is 33.0 Å². The van der Waals surface area contributed by atoms with Crippen molar-refractivity contribution in [1.29, 1.82) is 0 Å². The lowest BCUT2D eigenvalue weighted by atomic mass is 10.2. The van der Waals surface area contributed by atoms with Crippen LogP contribution in [0.4, 0.5) is 5.00 Å². The van der Waals surface area contributed by atoms with Crippen LogP contribution >= 0.6 is 34.5 Å². The normalized spacial score (nSPS) is 10.2. The average molecular weight is 346 g/mol. The molecule has 0 saturated heterocycles. The maximum absolute atomic E-state index is 12.1. The molecule has 21 heavy (non-hydrogen) atoms. The number of carboxylic acids is 1. The lowest BCUT2D eigenvalue weighted by Crippen LogP contribution is -2.11. The second-order valence-corrected chi connectivity index (χ2v) is 5.79. The number of carboxylic acid groups (broad SMARTS) is 1. The molecule has 0 aliphatic carbocycles. The highest BCUT2D eigenvalue weighted by atomic mass is 35.5. The molecule has 1 aromatic carbocycles. The van der Waals surface area contributed by atoms with E-state index < -0.39 is 11.9 Å². The minimum absolute atomic E-state index is 0.135. The van der Waals surface area contributed by atoms with Gasteiger partial charge in [0, 0.05) is 5.56 Å². The molecule has 8 heteroatoms. The second kappa shape index (κ2) is 6.34. The summed E-state index contributed by atoms with van der Waals surface area (Å²) in [6.45, 7) is 0. The van der Waals surface area contributed by atoms with E-state index in [1.807, 2.05) is 0 Å². The highest BCUT2D eigenvalue weighted by Gasteiger charge is 2.15. The first-order valence-corrected chi connectivity index (χ1v) is 7.17. The topological polar surface area (TPSA) is 75.6 Å². The third-order valence-corrected chi connectivity index (χ3v) is 4.07. The molecule has 2 aromatic rings. The highest BCUT2D eigenvalue weighted by Crippen LogP contribution is 2.34. The zero-order chi connectivity index (χ0) is 15.6. The summed E-state index contributed by atoms with van der Waals surface area (Å²) < 4.78 is 5.00. The summed E-state index contributed by atoms with van der Waals surface area (Å²) in [6, 6.07) is 5.77. The molecule has 0 bridgehead atoms. The number of ether oxygens (including phenoxy) is 1. The van der Waals surface area contributed by atoms with Crippen LogP contribution in [0.3, 0.4) is 0 Å². The fourth-order valence-corrected chi connectivity index (χ4v) is 2.97. The monoisotopic (exact) mass is 345 g/mol. The van der Waals surface area contributed by atoms with E-state index in [2.05, 4.69) is 5.32 Å². The molecule has 0 aliphatic heterocycles. The third kappa shape index (κ3) is 3.47. The lowest BCUT2D eigenvalue weighted by molar-refractivity contribution is 0.0702. The van der Waals surface area contributed by atoms with Crippen molar-refractivity contribution >= 4 is 51.4 Å². The Morgan fingerprint density at radius 1 is 1.24 bits per heavy atom. The molecule has 1 amide bonds. The number of carbonyl (C=O) groups is 2. The van der Waals surface area contributed by atoms with Crippen molar-refractivity contribution in [3.8, 4) is 5.75 Å². The molecule has 0 aliphatic rings. The number of rotatable bonds is 4. The summed E-state index contributed by atoms with van der Waals surface area (Å²) in [6.07, 6.45) is 0. The van der Waals surface area contributed by atoms with Crippen LogP contribution in [0.5, 0.6) is 5.75 Å². The smallest absolute Gasteiger partial charge is 0.345 e. The number of hydrogen-bond acceptors (Lipinski definition) is 4. The standard InChI is InChI=1S/C13H9Cl2NO4S/c1-20-11-7(14)4-6(5-8(11)15)12(17)16-10-3-2-9(21-10)13(18)19/h2-5H,1H3,(H,16,17)(H,18,19). The van der Waals surface area contributed by atoms with E-state index in [1.165, 1.54) is 31.4 Å². The summed E-state index contributed by atoms with van der Waals surface area (Å²) >= 11 is 12.9. The Labute approximate surface area is 134 Å². The molecule has 2 N–H and O–H groups in total. The highest BCUT2D eigenvalue weighted by molar-refractivity contribution is 7.18. The van der Waals surface area contributed by atoms with Gasteiger partial charge >= 0.3 is 5.97 Å². The molecule has 2 rings (SSSR count). The Morgan fingerprint density at radius 2 is 1.86 bits per heavy atom. The number of nitrogens with one attached hydrogen (secondary N) is 1. The Morgan fingerprint density at radius 3 is 2.33 bits per heavy atom. The molecule has 0 fully saturated rings. The van der Waals surface area contributed by atoms with Crippen LogP contribution in [0.25, 0.3) is 0 Å². The second-order valence-electron chi connectivity index (χ2n) is 3.90. The fourth-order valence-electron chi connectivity index (χ4n) is 1.59. The van der Waals surface area contributed by atoms with E-state index in [0.717, 1.165) is 11.3 Å². The van der Waals surface area contributed by atoms with Gasteiger partial charge in [-0.1, -0.05) is 23.2 Å². The number of hydrogen-bond donors (Lipinski definition) is 2. The largest absolute Gasteiger partial charge is 0.494 e. The van der Waals surface area contributed by atoms with Crippen molar-refractivity contribution in [2.45, 2.75) is 0 Å². The number of amides is 1. The third-order valence-electron chi connectivity index (χ3n) is 2.52.